The number of aryl methyl sites for hydroxylation is 1. The maximum Gasteiger partial charge on any atom is 0.435 e. The van der Waals surface area contributed by atoms with E-state index in [0.717, 1.165) is 4.90 Å². The van der Waals surface area contributed by atoms with Crippen LogP contribution in [-0.4, -0.2) is 21.6 Å². The van der Waals surface area contributed by atoms with Gasteiger partial charge >= 0.3 is 12.7 Å². The zero-order chi connectivity index (χ0) is 22.7. The smallest absolute Gasteiger partial charge is 0.268 e. The molecule has 11 heteroatoms. The lowest BCUT2D eigenvalue weighted by Gasteiger charge is -2.18. The molecule has 31 heavy (non-hydrogen) atoms. The van der Waals surface area contributed by atoms with Gasteiger partial charge in [-0.1, -0.05) is 12.1 Å². The van der Waals surface area contributed by atoms with Crippen LogP contribution in [0, 0.1) is 10.5 Å². The molecular formula is C20H11F5IN3O2. The van der Waals surface area contributed by atoms with Gasteiger partial charge in [-0.05, 0) is 65.4 Å². The van der Waals surface area contributed by atoms with E-state index in [1.54, 1.807) is 12.1 Å². The number of amides is 2. The second-order valence-electron chi connectivity index (χ2n) is 6.74. The van der Waals surface area contributed by atoms with E-state index in [1.807, 2.05) is 22.6 Å². The maximum atomic E-state index is 13.3. The molecule has 1 aliphatic heterocycles. The summed E-state index contributed by atoms with van der Waals surface area (Å²) in [6.45, 7) is -1.76. The average Bonchev–Trinajstić information content (AvgIpc) is 3.24. The largest absolute Gasteiger partial charge is 0.435 e. The Balaban J connectivity index is 1.78. The van der Waals surface area contributed by atoms with E-state index in [4.69, 9.17) is 0 Å². The number of hydrogen-bond acceptors (Lipinski definition) is 3. The summed E-state index contributed by atoms with van der Waals surface area (Å²) in [5.74, 6) is -1.07. The standard InChI is InChI=1S/C20H11F5IN3O2/c1-9-7-10(14-8-15(20(23,24)25)27-29(14)19(21)22)5-6-13(9)28-17(30)11-3-2-4-12(26)16(11)18(28)31/h2-8,19H,1H3. The highest BCUT2D eigenvalue weighted by Gasteiger charge is 2.39. The molecule has 4 rings (SSSR count). The van der Waals surface area contributed by atoms with Crippen molar-refractivity contribution in [2.45, 2.75) is 19.6 Å². The molecule has 0 saturated carbocycles. The first kappa shape index (κ1) is 21.4. The fourth-order valence-electron chi connectivity index (χ4n) is 3.43. The average molecular weight is 547 g/mol. The van der Waals surface area contributed by atoms with E-state index < -0.39 is 35.9 Å². The lowest BCUT2D eigenvalue weighted by molar-refractivity contribution is -0.142. The number of anilines is 1. The number of benzene rings is 2. The van der Waals surface area contributed by atoms with Crippen LogP contribution in [0.5, 0.6) is 0 Å². The van der Waals surface area contributed by atoms with Gasteiger partial charge in [-0.15, -0.1) is 0 Å². The van der Waals surface area contributed by atoms with Gasteiger partial charge in [0.2, 0.25) is 0 Å². The SMILES string of the molecule is Cc1cc(-c2cc(C(F)(F)F)nn2C(F)F)ccc1N1C(=O)c2cccc(I)c2C1=O. The first-order valence-electron chi connectivity index (χ1n) is 8.74. The molecule has 0 fully saturated rings. The van der Waals surface area contributed by atoms with E-state index >= 15 is 0 Å². The number of aromatic nitrogens is 2. The number of imide groups is 1. The van der Waals surface area contributed by atoms with Gasteiger partial charge < -0.3 is 0 Å². The van der Waals surface area contributed by atoms with Crippen molar-refractivity contribution in [1.82, 2.24) is 9.78 Å². The Hall–Kier alpha value is -2.83. The highest BCUT2D eigenvalue weighted by molar-refractivity contribution is 14.1. The number of carbonyl (C=O) groups is 2. The molecule has 0 spiro atoms. The zero-order valence-electron chi connectivity index (χ0n) is 15.5. The number of carbonyl (C=O) groups excluding carboxylic acids is 2. The van der Waals surface area contributed by atoms with Crippen LogP contribution in [0.3, 0.4) is 0 Å². The van der Waals surface area contributed by atoms with Crippen molar-refractivity contribution in [2.24, 2.45) is 0 Å². The van der Waals surface area contributed by atoms with Crippen LogP contribution in [0.15, 0.2) is 42.5 Å². The number of hydrogen-bond donors (Lipinski definition) is 0. The quantitative estimate of drug-likeness (QED) is 0.241. The van der Waals surface area contributed by atoms with Gasteiger partial charge in [-0.25, -0.2) is 9.58 Å². The molecule has 0 bridgehead atoms. The van der Waals surface area contributed by atoms with Crippen LogP contribution in [-0.2, 0) is 6.18 Å². The van der Waals surface area contributed by atoms with E-state index in [-0.39, 0.29) is 27.1 Å². The van der Waals surface area contributed by atoms with Gasteiger partial charge in [0.05, 0.1) is 22.5 Å². The Morgan fingerprint density at radius 1 is 1.03 bits per heavy atom. The number of nitrogens with zero attached hydrogens (tertiary/aromatic N) is 3. The Morgan fingerprint density at radius 2 is 1.74 bits per heavy atom. The number of rotatable bonds is 3. The molecule has 0 radical (unpaired) electrons. The molecule has 0 aliphatic carbocycles. The van der Waals surface area contributed by atoms with Crippen LogP contribution < -0.4 is 4.90 Å². The molecular weight excluding hydrogens is 536 g/mol. The second kappa shape index (κ2) is 7.39. The molecule has 3 aromatic rings. The van der Waals surface area contributed by atoms with Crippen molar-refractivity contribution in [3.05, 3.63) is 68.4 Å². The maximum absolute atomic E-state index is 13.3. The third-order valence-corrected chi connectivity index (χ3v) is 5.71. The van der Waals surface area contributed by atoms with Crippen molar-refractivity contribution in [3.63, 3.8) is 0 Å². The van der Waals surface area contributed by atoms with Gasteiger partial charge in [-0.3, -0.25) is 9.59 Å². The van der Waals surface area contributed by atoms with Crippen molar-refractivity contribution in [1.29, 1.82) is 0 Å². The van der Waals surface area contributed by atoms with Gasteiger partial charge in [0, 0.05) is 9.13 Å². The van der Waals surface area contributed by atoms with Crippen molar-refractivity contribution in [3.8, 4) is 11.3 Å². The fourth-order valence-corrected chi connectivity index (χ4v) is 4.15. The van der Waals surface area contributed by atoms with E-state index in [2.05, 4.69) is 5.10 Å². The molecule has 1 aliphatic rings. The third-order valence-electron chi connectivity index (χ3n) is 4.81. The molecule has 160 valence electrons. The van der Waals surface area contributed by atoms with Gasteiger partial charge in [0.15, 0.2) is 5.69 Å². The molecule has 5 nitrogen and oxygen atoms in total. The summed E-state index contributed by atoms with van der Waals surface area (Å²) in [5, 5.41) is 2.97. The number of alkyl halides is 5. The summed E-state index contributed by atoms with van der Waals surface area (Å²) in [6.07, 6.45) is -4.89. The Kier molecular flexibility index (Phi) is 5.10. The molecule has 1 aromatic heterocycles. The number of fused-ring (bicyclic) bond motifs is 1. The molecule has 0 unspecified atom stereocenters. The molecule has 2 heterocycles. The van der Waals surface area contributed by atoms with Crippen molar-refractivity contribution in [2.75, 3.05) is 4.90 Å². The van der Waals surface area contributed by atoms with Crippen LogP contribution in [0.4, 0.5) is 27.6 Å². The summed E-state index contributed by atoms with van der Waals surface area (Å²) in [4.78, 5) is 26.6. The topological polar surface area (TPSA) is 55.2 Å². The van der Waals surface area contributed by atoms with E-state index in [1.165, 1.54) is 31.2 Å². The fraction of sp³-hybridized carbons (Fsp3) is 0.150. The molecule has 0 N–H and O–H groups in total. The third kappa shape index (κ3) is 3.50. The monoisotopic (exact) mass is 547 g/mol. The Labute approximate surface area is 185 Å². The Bertz CT molecular complexity index is 1240. The van der Waals surface area contributed by atoms with E-state index in [0.29, 0.717) is 15.2 Å². The summed E-state index contributed by atoms with van der Waals surface area (Å²) in [6, 6.07) is 9.34. The summed E-state index contributed by atoms with van der Waals surface area (Å²) < 4.78 is 66.0. The summed E-state index contributed by atoms with van der Waals surface area (Å²) >= 11 is 1.95. The van der Waals surface area contributed by atoms with Gasteiger partial charge in [0.1, 0.15) is 0 Å². The van der Waals surface area contributed by atoms with Gasteiger partial charge in [-0.2, -0.15) is 27.1 Å². The minimum absolute atomic E-state index is 0.0123. The number of halogens is 6. The van der Waals surface area contributed by atoms with Crippen molar-refractivity contribution < 1.29 is 31.5 Å². The van der Waals surface area contributed by atoms with Crippen LogP contribution in [0.1, 0.15) is 38.5 Å². The zero-order valence-corrected chi connectivity index (χ0v) is 17.7. The first-order valence-corrected chi connectivity index (χ1v) is 9.81. The Morgan fingerprint density at radius 3 is 2.32 bits per heavy atom. The van der Waals surface area contributed by atoms with Gasteiger partial charge in [0.25, 0.3) is 11.8 Å². The molecule has 2 aromatic carbocycles. The lowest BCUT2D eigenvalue weighted by Crippen LogP contribution is -2.30. The molecule has 0 atom stereocenters. The first-order chi connectivity index (χ1) is 14.5. The minimum Gasteiger partial charge on any atom is -0.268 e. The van der Waals surface area contributed by atoms with Crippen molar-refractivity contribution >= 4 is 40.1 Å². The predicted octanol–water partition coefficient (Wildman–Crippen LogP) is 5.68. The predicted molar refractivity (Wildman–Crippen MR) is 109 cm³/mol. The molecule has 0 saturated heterocycles. The lowest BCUT2D eigenvalue weighted by atomic mass is 10.1. The van der Waals surface area contributed by atoms with Crippen LogP contribution in [0.2, 0.25) is 0 Å². The second-order valence-corrected chi connectivity index (χ2v) is 7.91. The normalized spacial score (nSPS) is 14.0. The highest BCUT2D eigenvalue weighted by atomic mass is 127. The highest BCUT2D eigenvalue weighted by Crippen LogP contribution is 2.37. The van der Waals surface area contributed by atoms with Crippen LogP contribution in [0.25, 0.3) is 11.3 Å². The van der Waals surface area contributed by atoms with Crippen LogP contribution >= 0.6 is 22.6 Å². The summed E-state index contributed by atoms with van der Waals surface area (Å²) in [7, 11) is 0. The minimum atomic E-state index is -4.89. The summed E-state index contributed by atoms with van der Waals surface area (Å²) in [5.41, 5.74) is -0.778. The van der Waals surface area contributed by atoms with E-state index in [9.17, 15) is 31.5 Å². The molecule has 2 amide bonds.